The van der Waals surface area contributed by atoms with Crippen LogP contribution in [0, 0.1) is 5.41 Å². The molecule has 0 radical (unpaired) electrons. The molecule has 0 saturated heterocycles. The summed E-state index contributed by atoms with van der Waals surface area (Å²) in [5.74, 6) is -0.0352. The number of aromatic hydroxyl groups is 1. The lowest BCUT2D eigenvalue weighted by Crippen LogP contribution is -2.41. The van der Waals surface area contributed by atoms with E-state index in [-0.39, 0.29) is 17.2 Å². The first-order valence-electron chi connectivity index (χ1n) is 5.73. The van der Waals surface area contributed by atoms with E-state index in [1.165, 1.54) is 19.2 Å². The second kappa shape index (κ2) is 5.88. The van der Waals surface area contributed by atoms with E-state index in [0.29, 0.717) is 17.3 Å². The maximum absolute atomic E-state index is 11.9. The van der Waals surface area contributed by atoms with Gasteiger partial charge in [-0.2, -0.15) is 0 Å². The number of rotatable bonds is 5. The number of carbonyl (C=O) groups excluding carboxylic acids is 1. The van der Waals surface area contributed by atoms with Crippen LogP contribution < -0.4 is 15.8 Å². The molecule has 6 heteroatoms. The van der Waals surface area contributed by atoms with Crippen LogP contribution >= 0.6 is 12.2 Å². The number of nitrogens with two attached hydrogens (primary N) is 1. The fraction of sp³-hybridized carbons (Fsp3) is 0.385. The zero-order valence-electron chi connectivity index (χ0n) is 11.2. The van der Waals surface area contributed by atoms with Gasteiger partial charge in [0, 0.05) is 18.0 Å². The van der Waals surface area contributed by atoms with E-state index in [2.05, 4.69) is 5.32 Å². The van der Waals surface area contributed by atoms with Crippen LogP contribution in [0.5, 0.6) is 11.5 Å². The van der Waals surface area contributed by atoms with Gasteiger partial charge in [-0.3, -0.25) is 4.79 Å². The number of methoxy groups -OCH3 is 1. The highest BCUT2D eigenvalue weighted by atomic mass is 32.1. The van der Waals surface area contributed by atoms with Crippen molar-refractivity contribution in [3.05, 3.63) is 23.8 Å². The Hall–Kier alpha value is -1.82. The lowest BCUT2D eigenvalue weighted by atomic mass is 9.93. The maximum Gasteiger partial charge on any atom is 0.255 e. The average Bonchev–Trinajstić information content (AvgIpc) is 2.35. The summed E-state index contributed by atoms with van der Waals surface area (Å²) >= 11 is 4.92. The Labute approximate surface area is 117 Å². The van der Waals surface area contributed by atoms with Crippen LogP contribution in [-0.2, 0) is 0 Å². The highest BCUT2D eigenvalue weighted by Crippen LogP contribution is 2.23. The van der Waals surface area contributed by atoms with Gasteiger partial charge in [-0.15, -0.1) is 0 Å². The summed E-state index contributed by atoms with van der Waals surface area (Å²) in [7, 11) is 1.49. The Bertz CT molecular complexity index is 501. The van der Waals surface area contributed by atoms with E-state index in [4.69, 9.17) is 22.7 Å². The lowest BCUT2D eigenvalue weighted by Gasteiger charge is -2.23. The number of benzene rings is 1. The molecule has 1 rings (SSSR count). The molecule has 1 aromatic rings. The lowest BCUT2D eigenvalue weighted by molar-refractivity contribution is 0.0942. The monoisotopic (exact) mass is 282 g/mol. The van der Waals surface area contributed by atoms with Gasteiger partial charge in [0.1, 0.15) is 11.5 Å². The molecular weight excluding hydrogens is 264 g/mol. The molecule has 0 atom stereocenters. The molecule has 0 unspecified atom stereocenters. The van der Waals surface area contributed by atoms with Gasteiger partial charge >= 0.3 is 0 Å². The molecule has 0 bridgehead atoms. The molecule has 104 valence electrons. The van der Waals surface area contributed by atoms with Gasteiger partial charge < -0.3 is 20.9 Å². The zero-order chi connectivity index (χ0) is 14.6. The highest BCUT2D eigenvalue weighted by Gasteiger charge is 2.23. The van der Waals surface area contributed by atoms with Crippen LogP contribution in [0.2, 0.25) is 0 Å². The van der Waals surface area contributed by atoms with Crippen molar-refractivity contribution in [2.75, 3.05) is 13.7 Å². The third-order valence-electron chi connectivity index (χ3n) is 2.81. The van der Waals surface area contributed by atoms with Crippen LogP contribution in [0.3, 0.4) is 0 Å². The second-order valence-electron chi connectivity index (χ2n) is 4.81. The van der Waals surface area contributed by atoms with Gasteiger partial charge in [-0.25, -0.2) is 0 Å². The van der Waals surface area contributed by atoms with E-state index in [1.807, 2.05) is 13.8 Å². The number of hydrogen-bond donors (Lipinski definition) is 3. The first-order chi connectivity index (χ1) is 8.77. The van der Waals surface area contributed by atoms with E-state index >= 15 is 0 Å². The molecule has 1 aromatic carbocycles. The van der Waals surface area contributed by atoms with Crippen molar-refractivity contribution in [1.82, 2.24) is 5.32 Å². The first-order valence-corrected chi connectivity index (χ1v) is 6.14. The minimum atomic E-state index is -0.479. The predicted molar refractivity (Wildman–Crippen MR) is 77.6 cm³/mol. The van der Waals surface area contributed by atoms with Crippen LogP contribution in [0.25, 0.3) is 0 Å². The van der Waals surface area contributed by atoms with Crippen LogP contribution in [0.1, 0.15) is 24.2 Å². The molecule has 0 aromatic heterocycles. The van der Waals surface area contributed by atoms with Crippen molar-refractivity contribution >= 4 is 23.1 Å². The molecule has 0 fully saturated rings. The van der Waals surface area contributed by atoms with Crippen molar-refractivity contribution in [2.45, 2.75) is 13.8 Å². The minimum absolute atomic E-state index is 0.134. The van der Waals surface area contributed by atoms with Gasteiger partial charge in [-0.1, -0.05) is 26.1 Å². The van der Waals surface area contributed by atoms with Crippen LogP contribution in [0.4, 0.5) is 0 Å². The smallest absolute Gasteiger partial charge is 0.255 e. The first kappa shape index (κ1) is 15.2. The SMILES string of the molecule is COc1ccc(C(=O)NCC(C)(C)C(N)=S)c(O)c1. The number of carbonyl (C=O) groups is 1. The van der Waals surface area contributed by atoms with Gasteiger partial charge in [0.05, 0.1) is 17.7 Å². The fourth-order valence-electron chi connectivity index (χ4n) is 1.31. The zero-order valence-corrected chi connectivity index (χ0v) is 12.0. The molecule has 1 amide bonds. The van der Waals surface area contributed by atoms with E-state index in [0.717, 1.165) is 0 Å². The van der Waals surface area contributed by atoms with Gasteiger partial charge in [0.2, 0.25) is 0 Å². The Morgan fingerprint density at radius 1 is 1.53 bits per heavy atom. The van der Waals surface area contributed by atoms with Gasteiger partial charge in [0.15, 0.2) is 0 Å². The summed E-state index contributed by atoms with van der Waals surface area (Å²) in [6, 6.07) is 4.48. The number of phenols is 1. The molecule has 0 aliphatic rings. The van der Waals surface area contributed by atoms with Crippen molar-refractivity contribution in [3.8, 4) is 11.5 Å². The Morgan fingerprint density at radius 2 is 2.16 bits per heavy atom. The number of phenolic OH excluding ortho intramolecular Hbond substituents is 1. The van der Waals surface area contributed by atoms with Crippen molar-refractivity contribution in [2.24, 2.45) is 11.1 Å². The van der Waals surface area contributed by atoms with Crippen molar-refractivity contribution < 1.29 is 14.6 Å². The van der Waals surface area contributed by atoms with Crippen LogP contribution in [0.15, 0.2) is 18.2 Å². The molecule has 0 saturated carbocycles. The summed E-state index contributed by atoms with van der Waals surface area (Å²) in [6.45, 7) is 3.97. The summed E-state index contributed by atoms with van der Waals surface area (Å²) in [4.78, 5) is 12.3. The van der Waals surface area contributed by atoms with Crippen molar-refractivity contribution in [3.63, 3.8) is 0 Å². The van der Waals surface area contributed by atoms with E-state index < -0.39 is 5.41 Å². The topological polar surface area (TPSA) is 84.6 Å². The molecule has 0 aliphatic heterocycles. The Morgan fingerprint density at radius 3 is 2.63 bits per heavy atom. The Kier molecular flexibility index (Phi) is 4.72. The number of hydrogen-bond acceptors (Lipinski definition) is 4. The number of amides is 1. The molecule has 0 spiro atoms. The fourth-order valence-corrected chi connectivity index (χ4v) is 1.39. The quantitative estimate of drug-likeness (QED) is 0.712. The molecular formula is C13H18N2O3S. The van der Waals surface area contributed by atoms with Crippen molar-refractivity contribution in [1.29, 1.82) is 0 Å². The molecule has 19 heavy (non-hydrogen) atoms. The number of ether oxygens (including phenoxy) is 1. The second-order valence-corrected chi connectivity index (χ2v) is 5.25. The summed E-state index contributed by atoms with van der Waals surface area (Å²) in [5.41, 5.74) is 5.28. The predicted octanol–water partition coefficient (Wildman–Crippen LogP) is 1.44. The largest absolute Gasteiger partial charge is 0.507 e. The molecule has 5 nitrogen and oxygen atoms in total. The van der Waals surface area contributed by atoms with E-state index in [1.54, 1.807) is 6.07 Å². The normalized spacial score (nSPS) is 10.9. The summed E-state index contributed by atoms with van der Waals surface area (Å²) in [6.07, 6.45) is 0. The summed E-state index contributed by atoms with van der Waals surface area (Å²) < 4.78 is 4.95. The molecule has 0 aliphatic carbocycles. The maximum atomic E-state index is 11.9. The number of thiocarbonyl (C=S) groups is 1. The minimum Gasteiger partial charge on any atom is -0.507 e. The summed E-state index contributed by atoms with van der Waals surface area (Å²) in [5, 5.41) is 12.4. The van der Waals surface area contributed by atoms with Gasteiger partial charge in [-0.05, 0) is 12.1 Å². The standard InChI is InChI=1S/C13H18N2O3S/c1-13(2,12(14)19)7-15-11(17)9-5-4-8(18-3)6-10(9)16/h4-6,16H,7H2,1-3H3,(H2,14,19)(H,15,17). The third kappa shape index (κ3) is 3.82. The highest BCUT2D eigenvalue weighted by molar-refractivity contribution is 7.80. The van der Waals surface area contributed by atoms with Crippen LogP contribution in [-0.4, -0.2) is 29.7 Å². The Balaban J connectivity index is 2.77. The molecule has 4 N–H and O–H groups in total. The van der Waals surface area contributed by atoms with Gasteiger partial charge in [0.25, 0.3) is 5.91 Å². The van der Waals surface area contributed by atoms with E-state index in [9.17, 15) is 9.90 Å². The number of nitrogens with one attached hydrogen (secondary N) is 1. The molecule has 0 heterocycles. The third-order valence-corrected chi connectivity index (χ3v) is 3.36. The average molecular weight is 282 g/mol.